The number of amides is 1. The topological polar surface area (TPSA) is 29.1 Å². The van der Waals surface area contributed by atoms with E-state index in [9.17, 15) is 9.18 Å². The van der Waals surface area contributed by atoms with Gasteiger partial charge in [0.1, 0.15) is 5.82 Å². The van der Waals surface area contributed by atoms with Crippen molar-refractivity contribution >= 4 is 5.91 Å². The molecule has 0 unspecified atom stereocenters. The Labute approximate surface area is 95.9 Å². The number of halogens is 1. The lowest BCUT2D eigenvalue weighted by Crippen LogP contribution is -2.33. The largest absolute Gasteiger partial charge is 0.353 e. The Morgan fingerprint density at radius 1 is 1.38 bits per heavy atom. The fourth-order valence-electron chi connectivity index (χ4n) is 1.62. The van der Waals surface area contributed by atoms with E-state index in [1.165, 1.54) is 12.1 Å². The minimum atomic E-state index is -0.275. The molecule has 0 aromatic heterocycles. The summed E-state index contributed by atoms with van der Waals surface area (Å²) in [4.78, 5) is 11.6. The number of nitrogens with one attached hydrogen (secondary N) is 1. The molecule has 1 aromatic rings. The van der Waals surface area contributed by atoms with Crippen molar-refractivity contribution < 1.29 is 9.18 Å². The Hall–Kier alpha value is -1.38. The minimum Gasteiger partial charge on any atom is -0.353 e. The van der Waals surface area contributed by atoms with Crippen molar-refractivity contribution in [1.82, 2.24) is 5.32 Å². The molecular weight excluding hydrogens is 205 g/mol. The van der Waals surface area contributed by atoms with Gasteiger partial charge < -0.3 is 5.32 Å². The van der Waals surface area contributed by atoms with Gasteiger partial charge in [-0.25, -0.2) is 4.39 Å². The summed E-state index contributed by atoms with van der Waals surface area (Å²) in [5.74, 6) is -0.281. The summed E-state index contributed by atoms with van der Waals surface area (Å²) < 4.78 is 12.6. The summed E-state index contributed by atoms with van der Waals surface area (Å²) >= 11 is 0. The minimum absolute atomic E-state index is 0.00689. The molecule has 1 amide bonds. The number of hydrogen-bond acceptors (Lipinski definition) is 1. The molecule has 0 saturated heterocycles. The second-order valence-corrected chi connectivity index (χ2v) is 4.06. The standard InChI is InChI=1S/C13H18FNO/c1-3-4-10(2)15-13(16)9-11-5-7-12(14)8-6-11/h5-8,10H,3-4,9H2,1-2H3,(H,15,16)/t10-/m1/s1. The third-order valence-corrected chi connectivity index (χ3v) is 2.41. The van der Waals surface area contributed by atoms with Gasteiger partial charge in [0.25, 0.3) is 0 Å². The number of hydrogen-bond donors (Lipinski definition) is 1. The summed E-state index contributed by atoms with van der Waals surface area (Å²) in [7, 11) is 0. The van der Waals surface area contributed by atoms with Gasteiger partial charge in [-0.3, -0.25) is 4.79 Å². The Morgan fingerprint density at radius 2 is 2.00 bits per heavy atom. The molecule has 1 atom stereocenters. The van der Waals surface area contributed by atoms with E-state index in [0.29, 0.717) is 6.42 Å². The van der Waals surface area contributed by atoms with Crippen molar-refractivity contribution in [3.05, 3.63) is 35.6 Å². The van der Waals surface area contributed by atoms with Crippen LogP contribution in [0, 0.1) is 5.82 Å². The zero-order chi connectivity index (χ0) is 12.0. The smallest absolute Gasteiger partial charge is 0.224 e. The number of carbonyl (C=O) groups is 1. The molecule has 0 bridgehead atoms. The van der Waals surface area contributed by atoms with Gasteiger partial charge in [0.15, 0.2) is 0 Å². The average molecular weight is 223 g/mol. The fourth-order valence-corrected chi connectivity index (χ4v) is 1.62. The van der Waals surface area contributed by atoms with Crippen LogP contribution < -0.4 is 5.32 Å². The molecule has 0 aliphatic rings. The summed E-state index contributed by atoms with van der Waals surface area (Å²) in [6, 6.07) is 6.23. The lowest BCUT2D eigenvalue weighted by atomic mass is 10.1. The van der Waals surface area contributed by atoms with Gasteiger partial charge in [0.2, 0.25) is 5.91 Å². The molecule has 1 rings (SSSR count). The first-order chi connectivity index (χ1) is 7.61. The lowest BCUT2D eigenvalue weighted by Gasteiger charge is -2.12. The highest BCUT2D eigenvalue weighted by atomic mass is 19.1. The quantitative estimate of drug-likeness (QED) is 0.817. The first-order valence-electron chi connectivity index (χ1n) is 5.65. The predicted octanol–water partition coefficient (Wildman–Crippen LogP) is 2.67. The number of carbonyl (C=O) groups excluding carboxylic acids is 1. The maximum atomic E-state index is 12.6. The van der Waals surface area contributed by atoms with E-state index in [0.717, 1.165) is 18.4 Å². The van der Waals surface area contributed by atoms with Crippen molar-refractivity contribution in [2.45, 2.75) is 39.2 Å². The summed E-state index contributed by atoms with van der Waals surface area (Å²) in [6.45, 7) is 4.08. The van der Waals surface area contributed by atoms with Gasteiger partial charge in [-0.05, 0) is 31.0 Å². The number of benzene rings is 1. The van der Waals surface area contributed by atoms with Crippen LogP contribution in [0.15, 0.2) is 24.3 Å². The molecule has 2 nitrogen and oxygen atoms in total. The molecule has 0 saturated carbocycles. The second kappa shape index (κ2) is 6.26. The normalized spacial score (nSPS) is 12.2. The molecule has 0 radical (unpaired) electrons. The SMILES string of the molecule is CCC[C@@H](C)NC(=O)Cc1ccc(F)cc1. The van der Waals surface area contributed by atoms with Crippen molar-refractivity contribution in [3.8, 4) is 0 Å². The summed E-state index contributed by atoms with van der Waals surface area (Å²) in [5.41, 5.74) is 0.836. The van der Waals surface area contributed by atoms with Crippen molar-refractivity contribution in [3.63, 3.8) is 0 Å². The van der Waals surface area contributed by atoms with Crippen LogP contribution in [0.2, 0.25) is 0 Å². The fraction of sp³-hybridized carbons (Fsp3) is 0.462. The Balaban J connectivity index is 2.42. The third-order valence-electron chi connectivity index (χ3n) is 2.41. The van der Waals surface area contributed by atoms with Gasteiger partial charge in [0.05, 0.1) is 6.42 Å². The van der Waals surface area contributed by atoms with Crippen LogP contribution in [-0.2, 0) is 11.2 Å². The molecule has 3 heteroatoms. The Bertz CT molecular complexity index is 334. The van der Waals surface area contributed by atoms with Gasteiger partial charge in [-0.2, -0.15) is 0 Å². The van der Waals surface area contributed by atoms with Gasteiger partial charge in [-0.15, -0.1) is 0 Å². The lowest BCUT2D eigenvalue weighted by molar-refractivity contribution is -0.121. The first kappa shape index (κ1) is 12.7. The van der Waals surface area contributed by atoms with Crippen LogP contribution in [0.3, 0.4) is 0 Å². The highest BCUT2D eigenvalue weighted by Gasteiger charge is 2.07. The van der Waals surface area contributed by atoms with Gasteiger partial charge in [-0.1, -0.05) is 25.5 Å². The molecule has 1 aromatic carbocycles. The predicted molar refractivity (Wildman–Crippen MR) is 62.6 cm³/mol. The first-order valence-corrected chi connectivity index (χ1v) is 5.65. The maximum Gasteiger partial charge on any atom is 0.224 e. The van der Waals surface area contributed by atoms with Gasteiger partial charge in [0, 0.05) is 6.04 Å². The van der Waals surface area contributed by atoms with Crippen molar-refractivity contribution in [1.29, 1.82) is 0 Å². The molecule has 0 spiro atoms. The van der Waals surface area contributed by atoms with Crippen LogP contribution in [-0.4, -0.2) is 11.9 Å². The number of rotatable bonds is 5. The zero-order valence-corrected chi connectivity index (χ0v) is 9.79. The molecular formula is C13H18FNO. The van der Waals surface area contributed by atoms with Crippen LogP contribution in [0.4, 0.5) is 4.39 Å². The monoisotopic (exact) mass is 223 g/mol. The molecule has 0 aliphatic carbocycles. The van der Waals surface area contributed by atoms with Crippen LogP contribution >= 0.6 is 0 Å². The van der Waals surface area contributed by atoms with E-state index in [4.69, 9.17) is 0 Å². The highest BCUT2D eigenvalue weighted by Crippen LogP contribution is 2.04. The van der Waals surface area contributed by atoms with E-state index < -0.39 is 0 Å². The van der Waals surface area contributed by atoms with Crippen LogP contribution in [0.1, 0.15) is 32.3 Å². The van der Waals surface area contributed by atoms with Crippen molar-refractivity contribution in [2.24, 2.45) is 0 Å². The maximum absolute atomic E-state index is 12.6. The molecule has 0 heterocycles. The summed E-state index contributed by atoms with van der Waals surface area (Å²) in [5, 5.41) is 2.91. The molecule has 16 heavy (non-hydrogen) atoms. The van der Waals surface area contributed by atoms with Crippen LogP contribution in [0.25, 0.3) is 0 Å². The molecule has 1 N–H and O–H groups in total. The Morgan fingerprint density at radius 3 is 2.56 bits per heavy atom. The average Bonchev–Trinajstić information content (AvgIpc) is 2.21. The van der Waals surface area contributed by atoms with E-state index in [-0.39, 0.29) is 17.8 Å². The third kappa shape index (κ3) is 4.43. The Kier molecular flexibility index (Phi) is 4.96. The second-order valence-electron chi connectivity index (χ2n) is 4.06. The zero-order valence-electron chi connectivity index (χ0n) is 9.79. The molecule has 0 aliphatic heterocycles. The van der Waals surface area contributed by atoms with E-state index in [2.05, 4.69) is 12.2 Å². The summed E-state index contributed by atoms with van der Waals surface area (Å²) in [6.07, 6.45) is 2.35. The molecule has 88 valence electrons. The van der Waals surface area contributed by atoms with Crippen LogP contribution in [0.5, 0.6) is 0 Å². The van der Waals surface area contributed by atoms with E-state index >= 15 is 0 Å². The highest BCUT2D eigenvalue weighted by molar-refractivity contribution is 5.78. The van der Waals surface area contributed by atoms with E-state index in [1.807, 2.05) is 6.92 Å². The van der Waals surface area contributed by atoms with Gasteiger partial charge >= 0.3 is 0 Å². The molecule has 0 fully saturated rings. The van der Waals surface area contributed by atoms with Crippen molar-refractivity contribution in [2.75, 3.05) is 0 Å². The van der Waals surface area contributed by atoms with E-state index in [1.54, 1.807) is 12.1 Å².